The Hall–Kier alpha value is -0.510. The topological polar surface area (TPSA) is 20.2 Å². The summed E-state index contributed by atoms with van der Waals surface area (Å²) in [5, 5.41) is 9.80. The first-order valence-corrected chi connectivity index (χ1v) is 6.04. The van der Waals surface area contributed by atoms with Gasteiger partial charge >= 0.3 is 0 Å². The van der Waals surface area contributed by atoms with E-state index in [1.54, 1.807) is 6.07 Å². The Balaban J connectivity index is 2.44. The molecule has 0 saturated heterocycles. The zero-order valence-corrected chi connectivity index (χ0v) is 10.1. The van der Waals surface area contributed by atoms with Gasteiger partial charge in [-0.1, -0.05) is 12.1 Å². The second-order valence-corrected chi connectivity index (χ2v) is 4.77. The molecule has 1 aromatic rings. The quantitative estimate of drug-likeness (QED) is 0.779. The molecule has 0 heterocycles. The van der Waals surface area contributed by atoms with Gasteiger partial charge in [0.05, 0.1) is 0 Å². The number of rotatable bonds is 1. The molecule has 14 heavy (non-hydrogen) atoms. The lowest BCUT2D eigenvalue weighted by Gasteiger charge is -2.15. The molecular weight excluding hydrogens is 287 g/mol. The van der Waals surface area contributed by atoms with Crippen LogP contribution in [0.3, 0.4) is 0 Å². The van der Waals surface area contributed by atoms with Crippen molar-refractivity contribution >= 4 is 28.2 Å². The van der Waals surface area contributed by atoms with Crippen LogP contribution in [0.5, 0.6) is 5.75 Å². The number of halogens is 1. The fourth-order valence-electron chi connectivity index (χ4n) is 1.90. The summed E-state index contributed by atoms with van der Waals surface area (Å²) in [6.07, 6.45) is 7.05. The zero-order chi connectivity index (χ0) is 9.97. The van der Waals surface area contributed by atoms with Gasteiger partial charge in [-0.15, -0.1) is 0 Å². The van der Waals surface area contributed by atoms with Crippen LogP contribution < -0.4 is 0 Å². The third-order valence-corrected chi connectivity index (χ3v) is 3.50. The first-order chi connectivity index (χ1) is 6.79. The summed E-state index contributed by atoms with van der Waals surface area (Å²) in [7, 11) is 0. The van der Waals surface area contributed by atoms with Crippen molar-refractivity contribution in [3.63, 3.8) is 0 Å². The van der Waals surface area contributed by atoms with Crippen molar-refractivity contribution in [2.45, 2.75) is 25.7 Å². The molecule has 1 nitrogen and oxygen atoms in total. The Morgan fingerprint density at radius 1 is 1.21 bits per heavy atom. The molecule has 0 aromatic heterocycles. The molecule has 1 N–H and O–H groups in total. The summed E-state index contributed by atoms with van der Waals surface area (Å²) in [5.74, 6) is 0.421. The van der Waals surface area contributed by atoms with Gasteiger partial charge in [0.1, 0.15) is 5.75 Å². The minimum Gasteiger partial charge on any atom is -0.507 e. The number of allylic oxidation sites excluding steroid dienone is 2. The Kier molecular flexibility index (Phi) is 3.11. The highest BCUT2D eigenvalue weighted by Gasteiger charge is 2.12. The standard InChI is InChI=1S/C12H13IO/c13-10-7-4-8-11(14)12(10)9-5-2-1-3-6-9/h4-5,7-8,14H,1-3,6H2. The molecule has 1 aliphatic rings. The van der Waals surface area contributed by atoms with Crippen molar-refractivity contribution in [3.8, 4) is 5.75 Å². The number of hydrogen-bond donors (Lipinski definition) is 1. The van der Waals surface area contributed by atoms with Crippen molar-refractivity contribution in [2.75, 3.05) is 0 Å². The van der Waals surface area contributed by atoms with Gasteiger partial charge in [-0.25, -0.2) is 0 Å². The summed E-state index contributed by atoms with van der Waals surface area (Å²) in [5.41, 5.74) is 2.37. The van der Waals surface area contributed by atoms with Gasteiger partial charge in [0, 0.05) is 9.13 Å². The van der Waals surface area contributed by atoms with E-state index in [1.165, 1.54) is 18.4 Å². The minimum atomic E-state index is 0.421. The third kappa shape index (κ3) is 1.95. The van der Waals surface area contributed by atoms with E-state index < -0.39 is 0 Å². The number of phenols is 1. The summed E-state index contributed by atoms with van der Waals surface area (Å²) in [6, 6.07) is 5.71. The van der Waals surface area contributed by atoms with Crippen molar-refractivity contribution in [1.29, 1.82) is 0 Å². The maximum atomic E-state index is 9.80. The average molecular weight is 300 g/mol. The fraction of sp³-hybridized carbons (Fsp3) is 0.333. The van der Waals surface area contributed by atoms with Crippen LogP contribution in [0.4, 0.5) is 0 Å². The lowest BCUT2D eigenvalue weighted by atomic mass is 9.93. The van der Waals surface area contributed by atoms with E-state index in [4.69, 9.17) is 0 Å². The van der Waals surface area contributed by atoms with Crippen LogP contribution in [-0.4, -0.2) is 5.11 Å². The van der Waals surface area contributed by atoms with E-state index in [1.807, 2.05) is 12.1 Å². The van der Waals surface area contributed by atoms with Gasteiger partial charge in [0.25, 0.3) is 0 Å². The highest BCUT2D eigenvalue weighted by Crippen LogP contribution is 2.35. The van der Waals surface area contributed by atoms with E-state index in [0.29, 0.717) is 5.75 Å². The molecule has 2 heteroatoms. The molecule has 74 valence electrons. The second-order valence-electron chi connectivity index (χ2n) is 3.61. The van der Waals surface area contributed by atoms with Crippen LogP contribution in [0.1, 0.15) is 31.2 Å². The van der Waals surface area contributed by atoms with Crippen molar-refractivity contribution in [1.82, 2.24) is 0 Å². The van der Waals surface area contributed by atoms with Gasteiger partial charge in [-0.05, 0) is 66.0 Å². The van der Waals surface area contributed by atoms with E-state index in [2.05, 4.69) is 28.7 Å². The lowest BCUT2D eigenvalue weighted by molar-refractivity contribution is 0.472. The van der Waals surface area contributed by atoms with Crippen LogP contribution >= 0.6 is 22.6 Å². The molecule has 0 amide bonds. The maximum absolute atomic E-state index is 9.80. The van der Waals surface area contributed by atoms with E-state index in [9.17, 15) is 5.11 Å². The number of phenolic OH excluding ortho intramolecular Hbond substituents is 1. The highest BCUT2D eigenvalue weighted by molar-refractivity contribution is 14.1. The number of hydrogen-bond acceptors (Lipinski definition) is 1. The molecule has 1 aromatic carbocycles. The molecule has 0 aliphatic heterocycles. The minimum absolute atomic E-state index is 0.421. The molecule has 0 bridgehead atoms. The second kappa shape index (κ2) is 4.34. The van der Waals surface area contributed by atoms with Gasteiger partial charge in [-0.3, -0.25) is 0 Å². The number of aromatic hydroxyl groups is 1. The molecule has 0 spiro atoms. The van der Waals surface area contributed by atoms with Crippen molar-refractivity contribution < 1.29 is 5.11 Å². The fourth-order valence-corrected chi connectivity index (χ4v) is 2.73. The first-order valence-electron chi connectivity index (χ1n) is 4.96. The smallest absolute Gasteiger partial charge is 0.124 e. The summed E-state index contributed by atoms with van der Waals surface area (Å²) < 4.78 is 1.15. The molecule has 0 fully saturated rings. The lowest BCUT2D eigenvalue weighted by Crippen LogP contribution is -1.94. The number of benzene rings is 1. The van der Waals surface area contributed by atoms with Crippen molar-refractivity contribution in [3.05, 3.63) is 33.4 Å². The molecular formula is C12H13IO. The van der Waals surface area contributed by atoms with Crippen LogP contribution in [0.2, 0.25) is 0 Å². The van der Waals surface area contributed by atoms with Gasteiger partial charge in [0.15, 0.2) is 0 Å². The predicted molar refractivity (Wildman–Crippen MR) is 67.3 cm³/mol. The highest BCUT2D eigenvalue weighted by atomic mass is 127. The molecule has 0 saturated carbocycles. The monoisotopic (exact) mass is 300 g/mol. The van der Waals surface area contributed by atoms with Crippen molar-refractivity contribution in [2.24, 2.45) is 0 Å². The Bertz CT molecular complexity index is 348. The molecule has 2 rings (SSSR count). The van der Waals surface area contributed by atoms with Crippen LogP contribution in [-0.2, 0) is 0 Å². The maximum Gasteiger partial charge on any atom is 0.124 e. The van der Waals surface area contributed by atoms with E-state index in [0.717, 1.165) is 22.0 Å². The molecule has 0 atom stereocenters. The van der Waals surface area contributed by atoms with Crippen LogP contribution in [0.15, 0.2) is 24.3 Å². The van der Waals surface area contributed by atoms with Crippen LogP contribution in [0, 0.1) is 3.57 Å². The van der Waals surface area contributed by atoms with Crippen LogP contribution in [0.25, 0.3) is 5.57 Å². The molecule has 0 unspecified atom stereocenters. The normalized spacial score (nSPS) is 16.5. The van der Waals surface area contributed by atoms with E-state index in [-0.39, 0.29) is 0 Å². The van der Waals surface area contributed by atoms with Gasteiger partial charge < -0.3 is 5.11 Å². The zero-order valence-electron chi connectivity index (χ0n) is 7.96. The average Bonchev–Trinajstić information content (AvgIpc) is 2.19. The predicted octanol–water partition coefficient (Wildman–Crippen LogP) is 3.95. The third-order valence-electron chi connectivity index (χ3n) is 2.60. The molecule has 0 radical (unpaired) electrons. The molecule has 1 aliphatic carbocycles. The summed E-state index contributed by atoms with van der Waals surface area (Å²) >= 11 is 2.29. The SMILES string of the molecule is Oc1cccc(I)c1C1=CCCCC1. The summed E-state index contributed by atoms with van der Waals surface area (Å²) in [4.78, 5) is 0. The Morgan fingerprint density at radius 3 is 2.71 bits per heavy atom. The summed E-state index contributed by atoms with van der Waals surface area (Å²) in [6.45, 7) is 0. The Morgan fingerprint density at radius 2 is 2.07 bits per heavy atom. The van der Waals surface area contributed by atoms with Gasteiger partial charge in [-0.2, -0.15) is 0 Å². The Labute approximate surface area is 98.0 Å². The largest absolute Gasteiger partial charge is 0.507 e. The first kappa shape index (κ1) is 10.0. The van der Waals surface area contributed by atoms with E-state index >= 15 is 0 Å². The van der Waals surface area contributed by atoms with Gasteiger partial charge in [0.2, 0.25) is 0 Å².